The van der Waals surface area contributed by atoms with Crippen LogP contribution in [0.5, 0.6) is 0 Å². The minimum Gasteiger partial charge on any atom is -0.326 e. The third-order valence-corrected chi connectivity index (χ3v) is 5.78. The van der Waals surface area contributed by atoms with Crippen molar-refractivity contribution in [3.63, 3.8) is 0 Å². The first-order chi connectivity index (χ1) is 10.9. The van der Waals surface area contributed by atoms with Gasteiger partial charge in [-0.05, 0) is 31.2 Å². The van der Waals surface area contributed by atoms with Gasteiger partial charge >= 0.3 is 0 Å². The molecule has 124 valence electrons. The van der Waals surface area contributed by atoms with Gasteiger partial charge in [0.15, 0.2) is 9.84 Å². The second-order valence-electron chi connectivity index (χ2n) is 5.68. The minimum atomic E-state index is -2.92. The first-order valence-corrected chi connectivity index (χ1v) is 9.50. The van der Waals surface area contributed by atoms with Crippen molar-refractivity contribution in [2.45, 2.75) is 25.8 Å². The number of anilines is 1. The Morgan fingerprint density at radius 3 is 2.87 bits per heavy atom. The zero-order chi connectivity index (χ0) is 16.9. The number of hydrogen-bond acceptors (Lipinski definition) is 5. The highest BCUT2D eigenvalue weighted by Crippen LogP contribution is 2.18. The lowest BCUT2D eigenvalue weighted by molar-refractivity contribution is -0.116. The van der Waals surface area contributed by atoms with Crippen LogP contribution in [0.4, 0.5) is 5.69 Å². The summed E-state index contributed by atoms with van der Waals surface area (Å²) in [5.41, 5.74) is 1.09. The van der Waals surface area contributed by atoms with E-state index in [-0.39, 0.29) is 23.5 Å². The Morgan fingerprint density at radius 1 is 1.48 bits per heavy atom. The van der Waals surface area contributed by atoms with Crippen LogP contribution in [-0.4, -0.2) is 49.9 Å². The van der Waals surface area contributed by atoms with Gasteiger partial charge in [-0.25, -0.2) is 8.42 Å². The summed E-state index contributed by atoms with van der Waals surface area (Å²) < 4.78 is 23.1. The van der Waals surface area contributed by atoms with E-state index >= 15 is 0 Å². The highest BCUT2D eigenvalue weighted by atomic mass is 32.2. The molecular weight excluding hydrogens is 314 g/mol. The SMILES string of the molecule is CCN(CCC(=O)Nc1cccc(C#N)c1)C1CCS(=O)(=O)C1. The fourth-order valence-electron chi connectivity index (χ4n) is 2.80. The van der Waals surface area contributed by atoms with Crippen molar-refractivity contribution in [1.82, 2.24) is 4.90 Å². The standard InChI is InChI=1S/C16H21N3O3S/c1-2-19(15-7-9-23(21,22)12-15)8-6-16(20)18-14-5-3-4-13(10-14)11-17/h3-5,10,15H,2,6-9,12H2,1H3,(H,18,20). The molecule has 1 saturated heterocycles. The van der Waals surface area contributed by atoms with Crippen molar-refractivity contribution in [2.24, 2.45) is 0 Å². The van der Waals surface area contributed by atoms with Crippen LogP contribution in [0.25, 0.3) is 0 Å². The Morgan fingerprint density at radius 2 is 2.26 bits per heavy atom. The molecule has 1 heterocycles. The summed E-state index contributed by atoms with van der Waals surface area (Å²) in [7, 11) is -2.92. The summed E-state index contributed by atoms with van der Waals surface area (Å²) >= 11 is 0. The molecule has 0 radical (unpaired) electrons. The molecule has 0 bridgehead atoms. The molecule has 1 aliphatic rings. The number of nitriles is 1. The summed E-state index contributed by atoms with van der Waals surface area (Å²) in [5, 5.41) is 11.6. The number of sulfone groups is 1. The van der Waals surface area contributed by atoms with Gasteiger partial charge in [-0.15, -0.1) is 0 Å². The van der Waals surface area contributed by atoms with E-state index in [4.69, 9.17) is 5.26 Å². The fraction of sp³-hybridized carbons (Fsp3) is 0.500. The molecule has 23 heavy (non-hydrogen) atoms. The second kappa shape index (κ2) is 7.57. The molecule has 1 N–H and O–H groups in total. The number of amides is 1. The minimum absolute atomic E-state index is 0.0136. The van der Waals surface area contributed by atoms with Crippen molar-refractivity contribution in [1.29, 1.82) is 5.26 Å². The van der Waals surface area contributed by atoms with Crippen LogP contribution >= 0.6 is 0 Å². The Hall–Kier alpha value is -1.91. The molecule has 1 aromatic rings. The molecule has 2 rings (SSSR count). The summed E-state index contributed by atoms with van der Waals surface area (Å²) in [6.45, 7) is 3.22. The van der Waals surface area contributed by atoms with Crippen LogP contribution in [0.2, 0.25) is 0 Å². The molecule has 1 aromatic carbocycles. The summed E-state index contributed by atoms with van der Waals surface area (Å²) in [4.78, 5) is 14.1. The highest BCUT2D eigenvalue weighted by molar-refractivity contribution is 7.91. The van der Waals surface area contributed by atoms with Crippen LogP contribution in [0.3, 0.4) is 0 Å². The van der Waals surface area contributed by atoms with Gasteiger partial charge in [0, 0.05) is 24.7 Å². The maximum absolute atomic E-state index is 12.0. The average molecular weight is 335 g/mol. The smallest absolute Gasteiger partial charge is 0.225 e. The van der Waals surface area contributed by atoms with E-state index in [1.165, 1.54) is 0 Å². The van der Waals surface area contributed by atoms with E-state index in [0.717, 1.165) is 6.54 Å². The third kappa shape index (κ3) is 5.05. The quantitative estimate of drug-likeness (QED) is 0.848. The number of rotatable bonds is 6. The largest absolute Gasteiger partial charge is 0.326 e. The molecule has 7 heteroatoms. The van der Waals surface area contributed by atoms with Crippen LogP contribution in [0, 0.1) is 11.3 Å². The van der Waals surface area contributed by atoms with Crippen molar-refractivity contribution >= 4 is 21.4 Å². The number of nitrogens with one attached hydrogen (secondary N) is 1. The van der Waals surface area contributed by atoms with Crippen molar-refractivity contribution in [2.75, 3.05) is 29.9 Å². The number of carbonyl (C=O) groups is 1. The van der Waals surface area contributed by atoms with E-state index in [0.29, 0.717) is 30.6 Å². The lowest BCUT2D eigenvalue weighted by Crippen LogP contribution is -2.38. The molecule has 0 aliphatic carbocycles. The zero-order valence-electron chi connectivity index (χ0n) is 13.2. The van der Waals surface area contributed by atoms with Gasteiger partial charge in [0.2, 0.25) is 5.91 Å². The summed E-state index contributed by atoms with van der Waals surface area (Å²) in [5.74, 6) is 0.285. The monoisotopic (exact) mass is 335 g/mol. The predicted molar refractivity (Wildman–Crippen MR) is 88.7 cm³/mol. The van der Waals surface area contributed by atoms with Crippen molar-refractivity contribution in [3.8, 4) is 6.07 Å². The fourth-order valence-corrected chi connectivity index (χ4v) is 4.56. The van der Waals surface area contributed by atoms with Crippen LogP contribution in [0.15, 0.2) is 24.3 Å². The van der Waals surface area contributed by atoms with E-state index in [1.807, 2.05) is 13.0 Å². The van der Waals surface area contributed by atoms with Gasteiger partial charge in [-0.1, -0.05) is 13.0 Å². The molecule has 6 nitrogen and oxygen atoms in total. The van der Waals surface area contributed by atoms with Gasteiger partial charge in [0.25, 0.3) is 0 Å². The van der Waals surface area contributed by atoms with Crippen molar-refractivity contribution < 1.29 is 13.2 Å². The maximum atomic E-state index is 12.0. The molecular formula is C16H21N3O3S. The number of hydrogen-bond donors (Lipinski definition) is 1. The molecule has 0 saturated carbocycles. The average Bonchev–Trinajstić information content (AvgIpc) is 2.88. The highest BCUT2D eigenvalue weighted by Gasteiger charge is 2.31. The molecule has 0 aromatic heterocycles. The Kier molecular flexibility index (Phi) is 5.74. The first kappa shape index (κ1) is 17.4. The van der Waals surface area contributed by atoms with Gasteiger partial charge in [-0.2, -0.15) is 5.26 Å². The summed E-state index contributed by atoms with van der Waals surface area (Å²) in [6.07, 6.45) is 0.934. The number of carbonyl (C=O) groups excluding carboxylic acids is 1. The Labute approximate surface area is 137 Å². The molecule has 1 amide bonds. The Bertz CT molecular complexity index is 710. The van der Waals surface area contributed by atoms with E-state index in [9.17, 15) is 13.2 Å². The lowest BCUT2D eigenvalue weighted by Gasteiger charge is -2.26. The topological polar surface area (TPSA) is 90.3 Å². The van der Waals surface area contributed by atoms with Crippen LogP contribution < -0.4 is 5.32 Å². The first-order valence-electron chi connectivity index (χ1n) is 7.68. The normalized spacial score (nSPS) is 19.4. The second-order valence-corrected chi connectivity index (χ2v) is 7.90. The van der Waals surface area contributed by atoms with Gasteiger partial charge < -0.3 is 5.32 Å². The van der Waals surface area contributed by atoms with Gasteiger partial charge in [0.1, 0.15) is 0 Å². The van der Waals surface area contributed by atoms with E-state index < -0.39 is 9.84 Å². The van der Waals surface area contributed by atoms with Crippen molar-refractivity contribution in [3.05, 3.63) is 29.8 Å². The van der Waals surface area contributed by atoms with Gasteiger partial charge in [-0.3, -0.25) is 9.69 Å². The van der Waals surface area contributed by atoms with E-state index in [2.05, 4.69) is 10.2 Å². The van der Waals surface area contributed by atoms with Crippen LogP contribution in [0.1, 0.15) is 25.3 Å². The lowest BCUT2D eigenvalue weighted by atomic mass is 10.2. The molecule has 1 fully saturated rings. The molecule has 1 unspecified atom stereocenters. The Balaban J connectivity index is 1.86. The molecule has 1 aliphatic heterocycles. The number of benzene rings is 1. The third-order valence-electron chi connectivity index (χ3n) is 4.03. The molecule has 1 atom stereocenters. The molecule has 0 spiro atoms. The predicted octanol–water partition coefficient (Wildman–Crippen LogP) is 1.40. The van der Waals surface area contributed by atoms with Crippen LogP contribution in [-0.2, 0) is 14.6 Å². The summed E-state index contributed by atoms with van der Waals surface area (Å²) in [6, 6.07) is 8.80. The maximum Gasteiger partial charge on any atom is 0.225 e. The van der Waals surface area contributed by atoms with E-state index in [1.54, 1.807) is 24.3 Å². The zero-order valence-corrected chi connectivity index (χ0v) is 14.0. The van der Waals surface area contributed by atoms with Gasteiger partial charge in [0.05, 0.1) is 23.1 Å². The number of nitrogens with zero attached hydrogens (tertiary/aromatic N) is 2.